The Kier molecular flexibility index (Phi) is 8.55. The molecule has 0 aliphatic rings. The SMILES string of the molecule is c1ccc(-c2ccc(-c3ccccc3-n3c4ccccc4c4ccc(N(c5ccc(-c6ccccc6)cc5)c5ccc(-c6ccccc6)cc5)cc43)cc2)cc1. The quantitative estimate of drug-likeness (QED) is 0.152. The van der Waals surface area contributed by atoms with Crippen molar-refractivity contribution >= 4 is 38.9 Å². The first-order chi connectivity index (χ1) is 27.8. The smallest absolute Gasteiger partial charge is 0.0562 e. The van der Waals surface area contributed by atoms with Crippen LogP contribution < -0.4 is 4.90 Å². The van der Waals surface area contributed by atoms with E-state index in [-0.39, 0.29) is 0 Å². The van der Waals surface area contributed by atoms with E-state index < -0.39 is 0 Å². The van der Waals surface area contributed by atoms with E-state index in [4.69, 9.17) is 0 Å². The molecule has 0 atom stereocenters. The van der Waals surface area contributed by atoms with Crippen LogP contribution in [0, 0.1) is 0 Å². The first-order valence-corrected chi connectivity index (χ1v) is 19.2. The molecule has 56 heavy (non-hydrogen) atoms. The molecule has 0 aliphatic heterocycles. The maximum Gasteiger partial charge on any atom is 0.0562 e. The predicted molar refractivity (Wildman–Crippen MR) is 237 cm³/mol. The van der Waals surface area contributed by atoms with Crippen LogP contribution >= 0.6 is 0 Å². The molecule has 0 spiro atoms. The maximum absolute atomic E-state index is 2.45. The Morgan fingerprint density at radius 3 is 1.21 bits per heavy atom. The topological polar surface area (TPSA) is 8.17 Å². The minimum atomic E-state index is 1.09. The number of para-hydroxylation sites is 2. The van der Waals surface area contributed by atoms with Crippen LogP contribution in [0.3, 0.4) is 0 Å². The molecule has 0 saturated heterocycles. The number of anilines is 3. The van der Waals surface area contributed by atoms with Gasteiger partial charge in [-0.2, -0.15) is 0 Å². The van der Waals surface area contributed by atoms with Crippen LogP contribution in [0.4, 0.5) is 17.1 Å². The monoisotopic (exact) mass is 714 g/mol. The second-order valence-electron chi connectivity index (χ2n) is 14.2. The molecule has 0 unspecified atom stereocenters. The van der Waals surface area contributed by atoms with Gasteiger partial charge in [0.05, 0.1) is 16.7 Å². The molecule has 0 N–H and O–H groups in total. The second-order valence-corrected chi connectivity index (χ2v) is 14.2. The first-order valence-electron chi connectivity index (χ1n) is 19.2. The van der Waals surface area contributed by atoms with Crippen LogP contribution in [0.5, 0.6) is 0 Å². The molecular formula is C54H38N2. The number of nitrogens with zero attached hydrogens (tertiary/aromatic N) is 2. The van der Waals surface area contributed by atoms with Crippen molar-refractivity contribution in [1.82, 2.24) is 4.57 Å². The van der Waals surface area contributed by atoms with E-state index >= 15 is 0 Å². The molecule has 0 fully saturated rings. The number of aromatic nitrogens is 1. The van der Waals surface area contributed by atoms with E-state index in [0.717, 1.165) is 28.3 Å². The maximum atomic E-state index is 2.45. The van der Waals surface area contributed by atoms with Gasteiger partial charge in [-0.3, -0.25) is 0 Å². The van der Waals surface area contributed by atoms with E-state index in [1.54, 1.807) is 0 Å². The number of benzene rings is 9. The zero-order chi connectivity index (χ0) is 37.3. The lowest BCUT2D eigenvalue weighted by Gasteiger charge is -2.26. The molecule has 9 aromatic carbocycles. The van der Waals surface area contributed by atoms with Gasteiger partial charge in [0.15, 0.2) is 0 Å². The fraction of sp³-hybridized carbons (Fsp3) is 0. The van der Waals surface area contributed by atoms with Gasteiger partial charge >= 0.3 is 0 Å². The van der Waals surface area contributed by atoms with E-state index in [1.165, 1.54) is 60.8 Å². The Hall–Kier alpha value is -7.42. The van der Waals surface area contributed by atoms with E-state index in [2.05, 4.69) is 240 Å². The van der Waals surface area contributed by atoms with Crippen molar-refractivity contribution < 1.29 is 0 Å². The van der Waals surface area contributed by atoms with Gasteiger partial charge in [0.2, 0.25) is 0 Å². The highest BCUT2D eigenvalue weighted by Crippen LogP contribution is 2.42. The second kappa shape index (κ2) is 14.4. The molecular weight excluding hydrogens is 677 g/mol. The largest absolute Gasteiger partial charge is 0.310 e. The van der Waals surface area contributed by atoms with Crippen molar-refractivity contribution in [1.29, 1.82) is 0 Å². The van der Waals surface area contributed by atoms with Crippen molar-refractivity contribution in [3.63, 3.8) is 0 Å². The van der Waals surface area contributed by atoms with Crippen molar-refractivity contribution in [2.45, 2.75) is 0 Å². The van der Waals surface area contributed by atoms with Gasteiger partial charge in [-0.25, -0.2) is 0 Å². The van der Waals surface area contributed by atoms with Gasteiger partial charge in [0.1, 0.15) is 0 Å². The number of hydrogen-bond acceptors (Lipinski definition) is 1. The summed E-state index contributed by atoms with van der Waals surface area (Å²) in [6, 6.07) is 83.0. The highest BCUT2D eigenvalue weighted by atomic mass is 15.1. The molecule has 0 bridgehead atoms. The summed E-state index contributed by atoms with van der Waals surface area (Å²) < 4.78 is 2.45. The number of rotatable bonds is 8. The minimum absolute atomic E-state index is 1.09. The number of hydrogen-bond donors (Lipinski definition) is 0. The lowest BCUT2D eigenvalue weighted by atomic mass is 9.99. The molecule has 2 heteroatoms. The van der Waals surface area contributed by atoms with Crippen molar-refractivity contribution in [2.75, 3.05) is 4.90 Å². The predicted octanol–water partition coefficient (Wildman–Crippen LogP) is 14.9. The molecule has 2 nitrogen and oxygen atoms in total. The summed E-state index contributed by atoms with van der Waals surface area (Å²) in [5.41, 5.74) is 16.4. The third-order valence-corrected chi connectivity index (χ3v) is 10.8. The summed E-state index contributed by atoms with van der Waals surface area (Å²) in [4.78, 5) is 2.37. The number of fused-ring (bicyclic) bond motifs is 3. The van der Waals surface area contributed by atoms with Gasteiger partial charge in [0, 0.05) is 33.4 Å². The average Bonchev–Trinajstić information content (AvgIpc) is 3.61. The standard InChI is InChI=1S/C54H38N2/c1-4-14-39(15-5-1)42-24-26-45(27-25-42)49-20-10-12-22-52(49)56-53-23-13-11-21-50(53)51-37-36-48(38-54(51)56)55(46-32-28-43(29-33-46)40-16-6-2-7-17-40)47-34-30-44(31-35-47)41-18-8-3-9-19-41/h1-38H. The van der Waals surface area contributed by atoms with Crippen LogP contribution in [-0.4, -0.2) is 4.57 Å². The highest BCUT2D eigenvalue weighted by molar-refractivity contribution is 6.11. The third kappa shape index (κ3) is 6.14. The Labute approximate surface area is 327 Å². The molecule has 10 aromatic rings. The van der Waals surface area contributed by atoms with Gasteiger partial charge in [-0.1, -0.05) is 182 Å². The van der Waals surface area contributed by atoms with Gasteiger partial charge in [0.25, 0.3) is 0 Å². The lowest BCUT2D eigenvalue weighted by Crippen LogP contribution is -2.10. The van der Waals surface area contributed by atoms with Gasteiger partial charge in [-0.15, -0.1) is 0 Å². The Morgan fingerprint density at radius 1 is 0.268 bits per heavy atom. The van der Waals surface area contributed by atoms with Crippen LogP contribution in [0.1, 0.15) is 0 Å². The molecule has 264 valence electrons. The highest BCUT2D eigenvalue weighted by Gasteiger charge is 2.19. The molecule has 10 rings (SSSR count). The van der Waals surface area contributed by atoms with Crippen LogP contribution in [0.25, 0.3) is 72.0 Å². The Balaban J connectivity index is 1.13. The molecule has 0 aliphatic carbocycles. The fourth-order valence-electron chi connectivity index (χ4n) is 8.06. The zero-order valence-corrected chi connectivity index (χ0v) is 30.8. The van der Waals surface area contributed by atoms with E-state index in [1.807, 2.05) is 0 Å². The van der Waals surface area contributed by atoms with Gasteiger partial charge < -0.3 is 9.47 Å². The van der Waals surface area contributed by atoms with Crippen molar-refractivity contribution in [3.05, 3.63) is 231 Å². The minimum Gasteiger partial charge on any atom is -0.310 e. The van der Waals surface area contributed by atoms with Crippen molar-refractivity contribution in [3.8, 4) is 50.2 Å². The summed E-state index contributed by atoms with van der Waals surface area (Å²) in [5, 5.41) is 2.45. The Bertz CT molecular complexity index is 2830. The summed E-state index contributed by atoms with van der Waals surface area (Å²) in [7, 11) is 0. The van der Waals surface area contributed by atoms with Crippen molar-refractivity contribution in [2.24, 2.45) is 0 Å². The Morgan fingerprint density at radius 2 is 0.661 bits per heavy atom. The summed E-state index contributed by atoms with van der Waals surface area (Å²) in [5.74, 6) is 0. The normalized spacial score (nSPS) is 11.2. The zero-order valence-electron chi connectivity index (χ0n) is 30.8. The summed E-state index contributed by atoms with van der Waals surface area (Å²) in [6.07, 6.45) is 0. The van der Waals surface area contributed by atoms with Gasteiger partial charge in [-0.05, 0) is 87.5 Å². The molecule has 0 amide bonds. The van der Waals surface area contributed by atoms with Crippen LogP contribution in [0.15, 0.2) is 231 Å². The average molecular weight is 715 g/mol. The van der Waals surface area contributed by atoms with E-state index in [0.29, 0.717) is 0 Å². The fourth-order valence-corrected chi connectivity index (χ4v) is 8.06. The summed E-state index contributed by atoms with van der Waals surface area (Å²) in [6.45, 7) is 0. The molecule has 0 saturated carbocycles. The molecule has 1 heterocycles. The van der Waals surface area contributed by atoms with E-state index in [9.17, 15) is 0 Å². The third-order valence-electron chi connectivity index (χ3n) is 10.8. The van der Waals surface area contributed by atoms with Crippen LogP contribution in [0.2, 0.25) is 0 Å². The lowest BCUT2D eigenvalue weighted by molar-refractivity contribution is 1.18. The molecule has 0 radical (unpaired) electrons. The first kappa shape index (κ1) is 33.2. The summed E-state index contributed by atoms with van der Waals surface area (Å²) >= 11 is 0. The van der Waals surface area contributed by atoms with Crippen LogP contribution in [-0.2, 0) is 0 Å². The molecule has 1 aromatic heterocycles.